The third kappa shape index (κ3) is 21.6. The number of nitrogens with one attached hydrogen (secondary N) is 6. The number of carbonyl (C=O) groups excluding carboxylic acids is 1. The Morgan fingerprint density at radius 1 is 0.500 bits per heavy atom. The number of aromatic nitrogens is 5. The number of fused-ring (bicyclic) bond motifs is 5. The van der Waals surface area contributed by atoms with Gasteiger partial charge in [-0.05, 0) is 243 Å². The minimum Gasteiger partial charge on any atom is -0.481 e. The highest BCUT2D eigenvalue weighted by Gasteiger charge is 2.12. The molecule has 11 aromatic rings. The van der Waals surface area contributed by atoms with Gasteiger partial charge in [0.15, 0.2) is 0 Å². The van der Waals surface area contributed by atoms with Crippen molar-refractivity contribution in [2.24, 2.45) is 0 Å². The predicted octanol–water partition coefficient (Wildman–Crippen LogP) is 16.3. The van der Waals surface area contributed by atoms with Crippen molar-refractivity contribution in [2.45, 2.75) is 70.6 Å². The summed E-state index contributed by atoms with van der Waals surface area (Å²) >= 11 is 12.0. The smallest absolute Gasteiger partial charge is 0.303 e. The number of hydrogen-bond acceptors (Lipinski definition) is 8. The van der Waals surface area contributed by atoms with E-state index < -0.39 is 5.97 Å². The third-order valence-electron chi connectivity index (χ3n) is 14.9. The lowest BCUT2D eigenvalue weighted by Gasteiger charge is -2.09. The molecule has 0 saturated carbocycles. The van der Waals surface area contributed by atoms with Crippen LogP contribution in [0.4, 0.5) is 5.69 Å². The van der Waals surface area contributed by atoms with Crippen LogP contribution in [0.1, 0.15) is 70.4 Å². The monoisotopic (exact) mass is 1420 g/mol. The van der Waals surface area contributed by atoms with Crippen molar-refractivity contribution in [3.05, 3.63) is 191 Å². The second-order valence-corrected chi connectivity index (χ2v) is 26.6. The molecule has 1 amide bonds. The summed E-state index contributed by atoms with van der Waals surface area (Å²) in [4.78, 5) is 47.7. The molecule has 0 fully saturated rings. The quantitative estimate of drug-likeness (QED) is 0.0259. The molecular formula is C69H85Br3ClN11O3S. The summed E-state index contributed by atoms with van der Waals surface area (Å²) in [6.45, 7) is 3.37. The van der Waals surface area contributed by atoms with Crippen LogP contribution in [-0.2, 0) is 48.1 Å². The van der Waals surface area contributed by atoms with Gasteiger partial charge >= 0.3 is 5.97 Å². The summed E-state index contributed by atoms with van der Waals surface area (Å²) < 4.78 is 3.21. The Morgan fingerprint density at radius 3 is 1.24 bits per heavy atom. The van der Waals surface area contributed by atoms with E-state index in [2.05, 4.69) is 197 Å². The summed E-state index contributed by atoms with van der Waals surface area (Å²) in [5.74, 6) is -0.603. The first-order chi connectivity index (χ1) is 41.7. The van der Waals surface area contributed by atoms with Gasteiger partial charge < -0.3 is 60.8 Å². The summed E-state index contributed by atoms with van der Waals surface area (Å²) in [5.41, 5.74) is 20.7. The molecule has 0 spiro atoms. The minimum atomic E-state index is -0.764. The number of amides is 1. The fraction of sp³-hybridized carbons (Fsp3) is 0.319. The summed E-state index contributed by atoms with van der Waals surface area (Å²) in [7, 11) is 16.2. The van der Waals surface area contributed by atoms with Gasteiger partial charge in [0, 0.05) is 143 Å². The van der Waals surface area contributed by atoms with E-state index in [1.807, 2.05) is 72.4 Å². The summed E-state index contributed by atoms with van der Waals surface area (Å²) in [6.07, 6.45) is 19.8. The van der Waals surface area contributed by atoms with Gasteiger partial charge in [-0.1, -0.05) is 59.9 Å². The van der Waals surface area contributed by atoms with E-state index in [-0.39, 0.29) is 24.7 Å². The number of hydrogen-bond donors (Lipinski definition) is 8. The zero-order chi connectivity index (χ0) is 62.6. The second kappa shape index (κ2) is 35.1. The predicted molar refractivity (Wildman–Crippen MR) is 385 cm³/mol. The molecule has 14 nitrogen and oxygen atoms in total. The summed E-state index contributed by atoms with van der Waals surface area (Å²) in [5, 5.41) is 25.1. The number of thiophene rings is 1. The van der Waals surface area contributed by atoms with Crippen molar-refractivity contribution in [3.8, 4) is 0 Å². The van der Waals surface area contributed by atoms with Crippen LogP contribution < -0.4 is 5.73 Å². The van der Waals surface area contributed by atoms with Crippen molar-refractivity contribution in [3.63, 3.8) is 0 Å². The first-order valence-electron chi connectivity index (χ1n) is 29.4. The van der Waals surface area contributed by atoms with Crippen LogP contribution in [0.2, 0.25) is 0 Å². The molecule has 0 aliphatic rings. The van der Waals surface area contributed by atoms with Crippen LogP contribution in [0.15, 0.2) is 153 Å². The lowest BCUT2D eigenvalue weighted by molar-refractivity contribution is -0.137. The maximum atomic E-state index is 11.5. The molecule has 6 heterocycles. The number of aliphatic carboxylic acids is 1. The Balaban J connectivity index is 0.000000177. The molecule has 5 aromatic carbocycles. The van der Waals surface area contributed by atoms with E-state index in [1.54, 1.807) is 30.3 Å². The van der Waals surface area contributed by atoms with Gasteiger partial charge in [0.2, 0.25) is 5.91 Å². The van der Waals surface area contributed by atoms with Gasteiger partial charge in [0.25, 0.3) is 0 Å². The fourth-order valence-corrected chi connectivity index (χ4v) is 12.0. The van der Waals surface area contributed by atoms with Crippen LogP contribution in [0.25, 0.3) is 54.5 Å². The molecule has 11 rings (SSSR count). The molecule has 0 bridgehead atoms. The molecule has 9 N–H and O–H groups in total. The Morgan fingerprint density at radius 2 is 0.864 bits per heavy atom. The van der Waals surface area contributed by atoms with E-state index in [0.29, 0.717) is 25.0 Å². The number of carboxylic acids is 1. The Bertz CT molecular complexity index is 3880. The molecule has 0 aliphatic carbocycles. The number of carbonyl (C=O) groups is 2. The van der Waals surface area contributed by atoms with Crippen LogP contribution in [0.5, 0.6) is 0 Å². The van der Waals surface area contributed by atoms with Gasteiger partial charge in [-0.3, -0.25) is 9.59 Å². The molecule has 0 aliphatic heterocycles. The van der Waals surface area contributed by atoms with Crippen molar-refractivity contribution in [2.75, 3.05) is 81.7 Å². The number of carboxylic acid groups (broad SMARTS) is 1. The lowest BCUT2D eigenvalue weighted by atomic mass is 10.0. The second-order valence-electron chi connectivity index (χ2n) is 22.9. The number of H-pyrrole nitrogens is 5. The number of aromatic amines is 5. The maximum Gasteiger partial charge on any atom is 0.303 e. The number of aryl methyl sites for hydroxylation is 5. The van der Waals surface area contributed by atoms with Gasteiger partial charge in [-0.2, -0.15) is 0 Å². The average molecular weight is 1420 g/mol. The molecule has 0 radical (unpaired) electrons. The summed E-state index contributed by atoms with van der Waals surface area (Å²) in [6, 6.07) is 35.0. The number of halogens is 4. The highest BCUT2D eigenvalue weighted by molar-refractivity contribution is 9.11. The Labute approximate surface area is 553 Å². The maximum absolute atomic E-state index is 11.5. The molecule has 0 unspecified atom stereocenters. The highest BCUT2D eigenvalue weighted by atomic mass is 79.9. The number of benzene rings is 5. The standard InChI is InChI=1S/C19H23N3S.C13H15BrN2O.C13H17BrN2.C13H19N3.C11H10BrNO2.ClH/c1-22(2)9-3-5-15-13-21-18-8-7-14(11-16(15)18)12-17(20)19-6-4-10-23-19;1-16(2)13(17)6-3-9-8-15-12-5-4-10(14)7-11(9)12;2*1-16(2)7-3-4-10-9-15-13-6-5-11(14)8-12(10)13;12-8-2-3-10-9(5-8)7(6-13-10)1-4-11(14)15;/h4,6-8,10-11,13,20-21H,3,5,9,12H2,1-2H3;4-5,7-8,15H,3,6H2,1-2H3;5-6,8-9,15H,3-4,7H2,1-2H3;5-6,8-9,15H,3-4,7,14H2,1-2H3;2-3,5-6,13H,1,4H2,(H,14,15);1H. The van der Waals surface area contributed by atoms with Gasteiger partial charge in [0.1, 0.15) is 0 Å². The van der Waals surface area contributed by atoms with E-state index >= 15 is 0 Å². The van der Waals surface area contributed by atoms with E-state index in [0.717, 1.165) is 97.7 Å². The molecule has 88 heavy (non-hydrogen) atoms. The van der Waals surface area contributed by atoms with Crippen LogP contribution in [0.3, 0.4) is 0 Å². The third-order valence-corrected chi connectivity index (χ3v) is 17.3. The Hall–Kier alpha value is -6.48. The van der Waals surface area contributed by atoms with Gasteiger partial charge in [-0.25, -0.2) is 0 Å². The number of nitrogens with zero attached hydrogens (tertiary/aromatic N) is 4. The van der Waals surface area contributed by atoms with Gasteiger partial charge in [-0.15, -0.1) is 23.7 Å². The number of nitrogens with two attached hydrogens (primary N) is 1. The SMILES string of the molecule is CN(C)C(=O)CCc1c[nH]c2ccc(Br)cc12.CN(C)CCCc1c[nH]c2ccc(Br)cc12.CN(C)CCCc1c[nH]c2ccc(CC(=N)c3cccs3)cc12.CN(C)CCCc1c[nH]c2ccc(N)cc12.Cl.O=C(O)CCc1c[nH]c2ccc(Br)cc12. The van der Waals surface area contributed by atoms with Crippen molar-refractivity contribution < 1.29 is 14.7 Å². The fourth-order valence-electron chi connectivity index (χ4n) is 10.2. The van der Waals surface area contributed by atoms with E-state index in [1.165, 1.54) is 78.8 Å². The molecule has 468 valence electrons. The number of anilines is 1. The van der Waals surface area contributed by atoms with Gasteiger partial charge in [0.05, 0.1) is 5.71 Å². The first-order valence-corrected chi connectivity index (χ1v) is 32.7. The Kier molecular flexibility index (Phi) is 28.1. The molecular weight excluding hydrogens is 1340 g/mol. The van der Waals surface area contributed by atoms with Crippen LogP contribution in [0, 0.1) is 5.41 Å². The average Bonchev–Trinajstić information content (AvgIpc) is 4.51. The zero-order valence-electron chi connectivity index (χ0n) is 51.8. The van der Waals surface area contributed by atoms with Crippen LogP contribution in [-0.4, -0.2) is 143 Å². The largest absolute Gasteiger partial charge is 0.481 e. The van der Waals surface area contributed by atoms with E-state index in [4.69, 9.17) is 16.2 Å². The topological polar surface area (TPSA) is 196 Å². The molecule has 6 aromatic heterocycles. The first kappa shape index (κ1) is 70.6. The van der Waals surface area contributed by atoms with Crippen molar-refractivity contribution in [1.29, 1.82) is 5.41 Å². The normalized spacial score (nSPS) is 11.1. The lowest BCUT2D eigenvalue weighted by Crippen LogP contribution is -2.21. The minimum absolute atomic E-state index is 0. The highest BCUT2D eigenvalue weighted by Crippen LogP contribution is 2.28. The zero-order valence-corrected chi connectivity index (χ0v) is 58.1. The molecule has 19 heteroatoms. The molecule has 0 atom stereocenters. The van der Waals surface area contributed by atoms with Crippen molar-refractivity contribution >= 4 is 149 Å². The molecule has 0 saturated heterocycles. The number of rotatable bonds is 21. The van der Waals surface area contributed by atoms with Crippen LogP contribution >= 0.6 is 71.5 Å². The van der Waals surface area contributed by atoms with Crippen molar-refractivity contribution in [1.82, 2.24) is 44.5 Å². The number of nitrogen functional groups attached to an aromatic ring is 1. The van der Waals surface area contributed by atoms with E-state index in [9.17, 15) is 9.59 Å².